The van der Waals surface area contributed by atoms with Crippen LogP contribution < -0.4 is 0 Å². The number of Topliss-reactive ketones (excluding diaryl/α,β-unsaturated/α-hetero) is 1. The molecule has 0 saturated carbocycles. The van der Waals surface area contributed by atoms with E-state index in [1.54, 1.807) is 35.8 Å². The highest BCUT2D eigenvalue weighted by Crippen LogP contribution is 2.23. The minimum atomic E-state index is -2.49. The highest BCUT2D eigenvalue weighted by Gasteiger charge is 2.31. The summed E-state index contributed by atoms with van der Waals surface area (Å²) in [6.45, 7) is 5.53. The smallest absolute Gasteiger partial charge is 0.178 e. The summed E-state index contributed by atoms with van der Waals surface area (Å²) >= 11 is 0. The Morgan fingerprint density at radius 2 is 1.79 bits per heavy atom. The van der Waals surface area contributed by atoms with E-state index in [-0.39, 0.29) is 5.78 Å². The summed E-state index contributed by atoms with van der Waals surface area (Å²) in [7, 11) is -2.49. The van der Waals surface area contributed by atoms with Gasteiger partial charge in [0, 0.05) is 30.3 Å². The molecule has 2 aromatic rings. The van der Waals surface area contributed by atoms with Crippen molar-refractivity contribution in [1.29, 1.82) is 0 Å². The van der Waals surface area contributed by atoms with Crippen LogP contribution in [0.15, 0.2) is 49.1 Å². The molecule has 0 bridgehead atoms. The SMILES string of the molecule is CC(C)(C)C(=O)C(/C(=C\c1ccccc1)n1ccnc1)=S(C)(C)=O. The first kappa shape index (κ1) is 18.2. The third-order valence-corrected chi connectivity index (χ3v) is 4.87. The minimum Gasteiger partial charge on any atom is -0.305 e. The van der Waals surface area contributed by atoms with Crippen molar-refractivity contribution in [2.45, 2.75) is 20.8 Å². The van der Waals surface area contributed by atoms with Gasteiger partial charge in [0.15, 0.2) is 5.78 Å². The average Bonchev–Trinajstić information content (AvgIpc) is 2.99. The molecule has 0 unspecified atom stereocenters. The lowest BCUT2D eigenvalue weighted by Crippen LogP contribution is -2.34. The third kappa shape index (κ3) is 4.23. The first-order valence-corrected chi connectivity index (χ1v) is 10.1. The molecule has 4 nitrogen and oxygen atoms in total. The highest BCUT2D eigenvalue weighted by atomic mass is 32.2. The quantitative estimate of drug-likeness (QED) is 0.632. The molecule has 5 heteroatoms. The van der Waals surface area contributed by atoms with Crippen molar-refractivity contribution in [2.75, 3.05) is 12.5 Å². The molecular formula is C19H24N2O2S. The Labute approximate surface area is 144 Å². The minimum absolute atomic E-state index is 0.117. The maximum atomic E-state index is 13.0. The Balaban J connectivity index is 2.77. The number of rotatable bonds is 4. The highest BCUT2D eigenvalue weighted by molar-refractivity contribution is 8.03. The molecule has 0 atom stereocenters. The predicted molar refractivity (Wildman–Crippen MR) is 102 cm³/mol. The molecule has 24 heavy (non-hydrogen) atoms. The molecule has 0 aliphatic carbocycles. The number of hydrogen-bond donors (Lipinski definition) is 0. The third-order valence-electron chi connectivity index (χ3n) is 3.50. The number of allylic oxidation sites excluding steroid dienone is 1. The van der Waals surface area contributed by atoms with E-state index in [0.717, 1.165) is 5.56 Å². The lowest BCUT2D eigenvalue weighted by Gasteiger charge is -2.23. The summed E-state index contributed by atoms with van der Waals surface area (Å²) in [4.78, 5) is 17.5. The van der Waals surface area contributed by atoms with Gasteiger partial charge in [-0.2, -0.15) is 0 Å². The molecule has 0 fully saturated rings. The number of imidazole rings is 1. The van der Waals surface area contributed by atoms with Crippen LogP contribution in [0, 0.1) is 5.41 Å². The monoisotopic (exact) mass is 344 g/mol. The molecule has 0 spiro atoms. The number of hydrogen-bond acceptors (Lipinski definition) is 3. The van der Waals surface area contributed by atoms with Gasteiger partial charge < -0.3 is 4.57 Å². The Hall–Kier alpha value is -2.14. The topological polar surface area (TPSA) is 52.0 Å². The van der Waals surface area contributed by atoms with E-state index in [9.17, 15) is 9.00 Å². The van der Waals surface area contributed by atoms with Crippen LogP contribution in [0.1, 0.15) is 26.3 Å². The summed E-state index contributed by atoms with van der Waals surface area (Å²) in [5.41, 5.74) is 0.915. The molecule has 0 aliphatic rings. The maximum Gasteiger partial charge on any atom is 0.178 e. The lowest BCUT2D eigenvalue weighted by molar-refractivity contribution is -0.119. The zero-order valence-electron chi connectivity index (χ0n) is 14.8. The molecule has 1 aromatic heterocycles. The van der Waals surface area contributed by atoms with E-state index in [0.29, 0.717) is 10.6 Å². The largest absolute Gasteiger partial charge is 0.305 e. The van der Waals surface area contributed by atoms with Crippen LogP contribution in [-0.2, 0) is 14.3 Å². The van der Waals surface area contributed by atoms with Crippen LogP contribution in [0.25, 0.3) is 11.8 Å². The van der Waals surface area contributed by atoms with E-state index in [1.807, 2.05) is 57.2 Å². The number of nitrogens with zero attached hydrogens (tertiary/aromatic N) is 2. The van der Waals surface area contributed by atoms with Gasteiger partial charge >= 0.3 is 0 Å². The van der Waals surface area contributed by atoms with Gasteiger partial charge in [0.25, 0.3) is 0 Å². The van der Waals surface area contributed by atoms with Crippen molar-refractivity contribution >= 4 is 31.9 Å². The van der Waals surface area contributed by atoms with Crippen LogP contribution in [0.4, 0.5) is 0 Å². The summed E-state index contributed by atoms with van der Waals surface area (Å²) < 4.78 is 14.7. The van der Waals surface area contributed by atoms with E-state index in [4.69, 9.17) is 0 Å². The first-order valence-electron chi connectivity index (χ1n) is 7.72. The van der Waals surface area contributed by atoms with Crippen LogP contribution >= 0.6 is 0 Å². The summed E-state index contributed by atoms with van der Waals surface area (Å²) in [6.07, 6.45) is 10.1. The number of aromatic nitrogens is 2. The van der Waals surface area contributed by atoms with Gasteiger partial charge in [-0.3, -0.25) is 9.00 Å². The Morgan fingerprint density at radius 3 is 2.25 bits per heavy atom. The average molecular weight is 344 g/mol. The predicted octanol–water partition coefficient (Wildman–Crippen LogP) is 3.21. The van der Waals surface area contributed by atoms with Crippen LogP contribution in [0.3, 0.4) is 0 Å². The molecule has 0 saturated heterocycles. The Bertz CT molecular complexity index is 856. The number of ketones is 1. The standard InChI is InChI=1S/C19H24N2O2S/c1-19(2,3)18(22)17(24(4,5)23)16(21-12-11-20-14-21)13-15-9-7-6-8-10-15/h6-14H,1-5H3/b16-13+. The van der Waals surface area contributed by atoms with E-state index in [2.05, 4.69) is 4.98 Å². The van der Waals surface area contributed by atoms with Gasteiger partial charge in [0.05, 0.1) is 16.9 Å². The number of carbonyl (C=O) groups is 1. The van der Waals surface area contributed by atoms with Crippen LogP contribution in [-0.4, -0.2) is 36.9 Å². The number of carbonyl (C=O) groups excluding carboxylic acids is 1. The molecular weight excluding hydrogens is 320 g/mol. The van der Waals surface area contributed by atoms with Crippen molar-refractivity contribution in [2.24, 2.45) is 5.41 Å². The second-order valence-corrected chi connectivity index (χ2v) is 9.93. The lowest BCUT2D eigenvalue weighted by atomic mass is 9.87. The molecule has 1 heterocycles. The summed E-state index contributed by atoms with van der Waals surface area (Å²) in [5, 5.41) is 0. The van der Waals surface area contributed by atoms with Gasteiger partial charge in [-0.1, -0.05) is 51.1 Å². The van der Waals surface area contributed by atoms with E-state index >= 15 is 0 Å². The van der Waals surface area contributed by atoms with Crippen molar-refractivity contribution < 1.29 is 9.00 Å². The maximum absolute atomic E-state index is 13.0. The molecule has 0 aliphatic heterocycles. The van der Waals surface area contributed by atoms with Crippen molar-refractivity contribution in [1.82, 2.24) is 9.55 Å². The van der Waals surface area contributed by atoms with Crippen molar-refractivity contribution in [3.8, 4) is 0 Å². The number of benzene rings is 1. The van der Waals surface area contributed by atoms with E-state index in [1.165, 1.54) is 0 Å². The Kier molecular flexibility index (Phi) is 5.13. The van der Waals surface area contributed by atoms with Gasteiger partial charge in [-0.25, -0.2) is 4.98 Å². The molecule has 2 rings (SSSR count). The normalized spacial score (nSPS) is 13.0. The van der Waals surface area contributed by atoms with Crippen molar-refractivity contribution in [3.63, 3.8) is 0 Å². The Morgan fingerprint density at radius 1 is 1.17 bits per heavy atom. The second kappa shape index (κ2) is 6.77. The van der Waals surface area contributed by atoms with Crippen molar-refractivity contribution in [3.05, 3.63) is 54.6 Å². The fourth-order valence-electron chi connectivity index (χ4n) is 2.30. The zero-order valence-corrected chi connectivity index (χ0v) is 15.6. The van der Waals surface area contributed by atoms with Gasteiger partial charge in [0.2, 0.25) is 0 Å². The molecule has 0 amide bonds. The fraction of sp³-hybridized carbons (Fsp3) is 0.316. The first-order chi connectivity index (χ1) is 11.1. The molecule has 1 aromatic carbocycles. The van der Waals surface area contributed by atoms with E-state index < -0.39 is 14.9 Å². The fourth-order valence-corrected chi connectivity index (χ4v) is 3.72. The second-order valence-electron chi connectivity index (χ2n) is 7.05. The van der Waals surface area contributed by atoms with Crippen LogP contribution in [0.5, 0.6) is 0 Å². The van der Waals surface area contributed by atoms with Gasteiger partial charge in [0.1, 0.15) is 0 Å². The molecule has 0 N–H and O–H groups in total. The van der Waals surface area contributed by atoms with Gasteiger partial charge in [-0.05, 0) is 21.2 Å². The molecule has 0 radical (unpaired) electrons. The zero-order chi connectivity index (χ0) is 18.0. The van der Waals surface area contributed by atoms with Gasteiger partial charge in [-0.15, -0.1) is 0 Å². The molecule has 128 valence electrons. The van der Waals surface area contributed by atoms with Crippen LogP contribution in [0.2, 0.25) is 0 Å². The summed E-state index contributed by atoms with van der Waals surface area (Å²) in [5.74, 6) is -0.117. The summed E-state index contributed by atoms with van der Waals surface area (Å²) in [6, 6.07) is 9.68.